The molecule has 0 saturated heterocycles. The molecule has 0 spiro atoms. The molecule has 0 fully saturated rings. The van der Waals surface area contributed by atoms with Crippen molar-refractivity contribution in [3.63, 3.8) is 0 Å². The summed E-state index contributed by atoms with van der Waals surface area (Å²) in [5.74, 6) is -1.34. The molecule has 4 amide bonds. The summed E-state index contributed by atoms with van der Waals surface area (Å²) >= 11 is 0. The second kappa shape index (κ2) is 40.3. The Balaban J connectivity index is -0.00000325. The van der Waals surface area contributed by atoms with Crippen LogP contribution < -0.4 is 44.2 Å². The van der Waals surface area contributed by atoms with E-state index in [0.717, 1.165) is 44.1 Å². The lowest BCUT2D eigenvalue weighted by Crippen LogP contribution is -2.56. The number of hydrogen-bond donors (Lipinski definition) is 8. The molecule has 0 radical (unpaired) electrons. The maximum atomic E-state index is 13.8. The summed E-state index contributed by atoms with van der Waals surface area (Å²) in [6, 6.07) is 6.46. The Morgan fingerprint density at radius 1 is 0.509 bits per heavy atom. The molecule has 0 aliphatic rings. The molecule has 12 nitrogen and oxygen atoms in total. The van der Waals surface area contributed by atoms with Crippen LogP contribution in [0.4, 0.5) is 0 Å². The number of nitrogens with two attached hydrogens (primary N) is 4. The van der Waals surface area contributed by atoms with Crippen molar-refractivity contribution >= 4 is 73.3 Å². The van der Waals surface area contributed by atoms with Crippen LogP contribution in [0.3, 0.4) is 0 Å². The minimum atomic E-state index is -0.902. The van der Waals surface area contributed by atoms with Crippen LogP contribution >= 0.6 is 49.6 Å². The molecular weight excluding hydrogens is 786 g/mol. The Hall–Kier alpha value is -1.90. The fourth-order valence-corrected chi connectivity index (χ4v) is 5.92. The van der Waals surface area contributed by atoms with Gasteiger partial charge in [0.15, 0.2) is 0 Å². The van der Waals surface area contributed by atoms with Crippen LogP contribution in [0.1, 0.15) is 134 Å². The molecule has 4 atom stereocenters. The van der Waals surface area contributed by atoms with E-state index in [4.69, 9.17) is 22.9 Å². The van der Waals surface area contributed by atoms with Gasteiger partial charge in [0, 0.05) is 19.5 Å². The Kier molecular flexibility index (Phi) is 43.8. The van der Waals surface area contributed by atoms with Crippen molar-refractivity contribution < 1.29 is 19.2 Å². The van der Waals surface area contributed by atoms with Gasteiger partial charge in [0.25, 0.3) is 0 Å². The van der Waals surface area contributed by atoms with E-state index in [1.165, 1.54) is 44.9 Å². The van der Waals surface area contributed by atoms with Gasteiger partial charge in [-0.25, -0.2) is 0 Å². The van der Waals surface area contributed by atoms with Gasteiger partial charge in [0.1, 0.15) is 12.1 Å². The third-order valence-electron chi connectivity index (χ3n) is 9.21. The highest BCUT2D eigenvalue weighted by Crippen LogP contribution is 2.11. The highest BCUT2D eigenvalue weighted by molar-refractivity contribution is 5.93. The van der Waals surface area contributed by atoms with Crippen molar-refractivity contribution in [3.8, 4) is 0 Å². The first-order valence-corrected chi connectivity index (χ1v) is 19.8. The zero-order valence-corrected chi connectivity index (χ0v) is 36.5. The van der Waals surface area contributed by atoms with Gasteiger partial charge in [-0.05, 0) is 70.0 Å². The van der Waals surface area contributed by atoms with Crippen molar-refractivity contribution in [1.82, 2.24) is 21.3 Å². The van der Waals surface area contributed by atoms with Crippen LogP contribution in [0.15, 0.2) is 30.3 Å². The monoisotopic (exact) mass is 860 g/mol. The van der Waals surface area contributed by atoms with E-state index in [-0.39, 0.29) is 61.4 Å². The summed E-state index contributed by atoms with van der Waals surface area (Å²) in [6.07, 6.45) is 17.9. The van der Waals surface area contributed by atoms with E-state index in [0.29, 0.717) is 71.1 Å². The molecule has 0 aromatic heterocycles. The summed E-state index contributed by atoms with van der Waals surface area (Å²) in [6.45, 7) is 4.24. The lowest BCUT2D eigenvalue weighted by atomic mass is 10.0. The summed E-state index contributed by atoms with van der Waals surface area (Å²) in [5.41, 5.74) is 24.2. The van der Waals surface area contributed by atoms with Crippen molar-refractivity contribution in [1.29, 1.82) is 0 Å². The zero-order chi connectivity index (χ0) is 37.5. The third kappa shape index (κ3) is 30.9. The Morgan fingerprint density at radius 3 is 1.47 bits per heavy atom. The molecule has 1 aromatic carbocycles. The van der Waals surface area contributed by atoms with Gasteiger partial charge in [-0.15, -0.1) is 49.6 Å². The van der Waals surface area contributed by atoms with E-state index in [2.05, 4.69) is 28.2 Å². The molecule has 1 aromatic rings. The fraction of sp³-hybridized carbons (Fsp3) is 0.744. The van der Waals surface area contributed by atoms with Gasteiger partial charge in [0.05, 0.1) is 12.1 Å². The number of nitrogens with one attached hydrogen (secondary N) is 4. The quantitative estimate of drug-likeness (QED) is 0.0454. The molecule has 0 saturated carbocycles. The first kappa shape index (κ1) is 59.8. The summed E-state index contributed by atoms with van der Waals surface area (Å²) in [5, 5.41) is 11.6. The van der Waals surface area contributed by atoms with Crippen molar-refractivity contribution in [2.45, 2.75) is 160 Å². The number of carbonyl (C=O) groups excluding carboxylic acids is 4. The fourth-order valence-electron chi connectivity index (χ4n) is 5.92. The number of carbonyl (C=O) groups is 4. The first-order valence-electron chi connectivity index (χ1n) is 19.8. The zero-order valence-electron chi connectivity index (χ0n) is 33.2. The molecular formula is C39H76Cl4N8O4. The number of hydrogen-bond acceptors (Lipinski definition) is 8. The highest BCUT2D eigenvalue weighted by atomic mass is 35.5. The molecule has 16 heteroatoms. The number of halogens is 4. The van der Waals surface area contributed by atoms with Crippen LogP contribution in [0.25, 0.3) is 0 Å². The number of unbranched alkanes of at least 4 members (excludes halogenated alkanes) is 12. The van der Waals surface area contributed by atoms with Gasteiger partial charge in [0.2, 0.25) is 23.6 Å². The molecule has 0 aliphatic carbocycles. The molecule has 55 heavy (non-hydrogen) atoms. The van der Waals surface area contributed by atoms with E-state index in [9.17, 15) is 19.2 Å². The normalized spacial score (nSPS) is 12.5. The number of amides is 4. The molecule has 0 bridgehead atoms. The topological polar surface area (TPSA) is 220 Å². The van der Waals surface area contributed by atoms with Crippen LogP contribution in [0.2, 0.25) is 0 Å². The standard InChI is InChI=1S/C39H72N8O4.4ClH/c1-2-3-4-5-6-7-8-9-10-19-28-45-38(50)35(30-31-21-12-11-13-22-31)47-39(51)34(46-37(49)33(43)24-15-18-27-41)25-16-20-29-44-36(48)32(42)23-14-17-26-40;;;;/h11-13,21-22,32-35H,2-10,14-20,23-30,40-43H2,1H3,(H,44,48)(H,45,50)(H,46,49)(H,47,51);4*1H/t32-,33-,34-,35-;;;;/m0..../s1. The molecule has 324 valence electrons. The average molecular weight is 863 g/mol. The number of rotatable bonds is 32. The summed E-state index contributed by atoms with van der Waals surface area (Å²) in [7, 11) is 0. The first-order chi connectivity index (χ1) is 24.7. The minimum Gasteiger partial charge on any atom is -0.355 e. The van der Waals surface area contributed by atoms with E-state index in [1.807, 2.05) is 30.3 Å². The summed E-state index contributed by atoms with van der Waals surface area (Å²) < 4.78 is 0. The predicted octanol–water partition coefficient (Wildman–Crippen LogP) is 5.12. The molecule has 0 aliphatic heterocycles. The van der Waals surface area contributed by atoms with Crippen LogP contribution in [-0.2, 0) is 25.6 Å². The molecule has 12 N–H and O–H groups in total. The highest BCUT2D eigenvalue weighted by Gasteiger charge is 2.28. The van der Waals surface area contributed by atoms with E-state index >= 15 is 0 Å². The van der Waals surface area contributed by atoms with Crippen LogP contribution in [0.5, 0.6) is 0 Å². The Morgan fingerprint density at radius 2 is 0.945 bits per heavy atom. The molecule has 1 rings (SSSR count). The smallest absolute Gasteiger partial charge is 0.243 e. The maximum absolute atomic E-state index is 13.8. The third-order valence-corrected chi connectivity index (χ3v) is 9.21. The molecule has 0 unspecified atom stereocenters. The van der Waals surface area contributed by atoms with Gasteiger partial charge in [-0.1, -0.05) is 108 Å². The van der Waals surface area contributed by atoms with Crippen molar-refractivity contribution in [3.05, 3.63) is 35.9 Å². The van der Waals surface area contributed by atoms with Gasteiger partial charge < -0.3 is 44.2 Å². The predicted molar refractivity (Wildman–Crippen MR) is 236 cm³/mol. The van der Waals surface area contributed by atoms with Crippen molar-refractivity contribution in [2.75, 3.05) is 26.2 Å². The summed E-state index contributed by atoms with van der Waals surface area (Å²) in [4.78, 5) is 52.6. The lowest BCUT2D eigenvalue weighted by Gasteiger charge is -2.24. The average Bonchev–Trinajstić information content (AvgIpc) is 3.13. The minimum absolute atomic E-state index is 0. The van der Waals surface area contributed by atoms with E-state index in [1.54, 1.807) is 0 Å². The van der Waals surface area contributed by atoms with Gasteiger partial charge >= 0.3 is 0 Å². The van der Waals surface area contributed by atoms with Crippen LogP contribution in [0, 0.1) is 0 Å². The Bertz CT molecular complexity index is 1080. The van der Waals surface area contributed by atoms with Gasteiger partial charge in [-0.2, -0.15) is 0 Å². The Labute approximate surface area is 356 Å². The lowest BCUT2D eigenvalue weighted by molar-refractivity contribution is -0.132. The van der Waals surface area contributed by atoms with Crippen LogP contribution in [-0.4, -0.2) is 74.0 Å². The number of benzene rings is 1. The van der Waals surface area contributed by atoms with Gasteiger partial charge in [-0.3, -0.25) is 19.2 Å². The largest absolute Gasteiger partial charge is 0.355 e. The maximum Gasteiger partial charge on any atom is 0.243 e. The second-order valence-electron chi connectivity index (χ2n) is 13.9. The van der Waals surface area contributed by atoms with E-state index < -0.39 is 36.0 Å². The second-order valence-corrected chi connectivity index (χ2v) is 13.9. The molecule has 0 heterocycles. The SMILES string of the molecule is CCCCCCCCCCCCNC(=O)[C@H](Cc1ccccc1)NC(=O)[C@H](CCCCNC(=O)[C@@H](N)CCCCN)NC(=O)[C@@H](N)CCCCN.Cl.Cl.Cl.Cl. The van der Waals surface area contributed by atoms with Crippen molar-refractivity contribution in [2.24, 2.45) is 22.9 Å².